The molecule has 0 aliphatic heterocycles. The van der Waals surface area contributed by atoms with Crippen molar-refractivity contribution in [2.24, 2.45) is 5.73 Å². The van der Waals surface area contributed by atoms with Crippen LogP contribution in [-0.4, -0.2) is 10.2 Å². The van der Waals surface area contributed by atoms with Crippen molar-refractivity contribution in [2.75, 3.05) is 5.32 Å². The minimum absolute atomic E-state index is 0.568. The molecular weight excluding hydrogens is 200 g/mol. The van der Waals surface area contributed by atoms with Crippen LogP contribution in [0, 0.1) is 0 Å². The van der Waals surface area contributed by atoms with Crippen molar-refractivity contribution in [2.45, 2.75) is 13.1 Å². The van der Waals surface area contributed by atoms with Crippen LogP contribution in [0.4, 0.5) is 5.82 Å². The molecule has 1 aromatic heterocycles. The van der Waals surface area contributed by atoms with Crippen LogP contribution < -0.4 is 11.1 Å². The highest BCUT2D eigenvalue weighted by atomic mass is 15.2. The molecular formula is C12H14N4. The second kappa shape index (κ2) is 5.23. The third-order valence-corrected chi connectivity index (χ3v) is 2.27. The van der Waals surface area contributed by atoms with Gasteiger partial charge in [0.25, 0.3) is 0 Å². The van der Waals surface area contributed by atoms with Crippen LogP contribution in [-0.2, 0) is 13.1 Å². The second-order valence-corrected chi connectivity index (χ2v) is 3.49. The van der Waals surface area contributed by atoms with Gasteiger partial charge < -0.3 is 11.1 Å². The van der Waals surface area contributed by atoms with Gasteiger partial charge in [-0.05, 0) is 23.3 Å². The van der Waals surface area contributed by atoms with E-state index in [1.54, 1.807) is 6.20 Å². The molecule has 82 valence electrons. The standard InChI is InChI=1S/C12H14N4/c13-8-10-3-1-4-11(7-10)9-14-12-5-2-6-15-16-12/h1-7H,8-9,13H2,(H,14,16). The van der Waals surface area contributed by atoms with Gasteiger partial charge >= 0.3 is 0 Å². The van der Waals surface area contributed by atoms with E-state index in [0.717, 1.165) is 17.9 Å². The summed E-state index contributed by atoms with van der Waals surface area (Å²) in [6, 6.07) is 11.9. The highest BCUT2D eigenvalue weighted by molar-refractivity contribution is 5.34. The van der Waals surface area contributed by atoms with Gasteiger partial charge in [0.15, 0.2) is 0 Å². The maximum Gasteiger partial charge on any atom is 0.148 e. The summed E-state index contributed by atoms with van der Waals surface area (Å²) < 4.78 is 0. The van der Waals surface area contributed by atoms with Crippen molar-refractivity contribution >= 4 is 5.82 Å². The van der Waals surface area contributed by atoms with Crippen LogP contribution in [0.2, 0.25) is 0 Å². The lowest BCUT2D eigenvalue weighted by atomic mass is 10.1. The molecule has 0 atom stereocenters. The van der Waals surface area contributed by atoms with E-state index in [1.165, 1.54) is 5.56 Å². The van der Waals surface area contributed by atoms with E-state index >= 15 is 0 Å². The Hall–Kier alpha value is -1.94. The van der Waals surface area contributed by atoms with Crippen molar-refractivity contribution in [3.8, 4) is 0 Å². The molecule has 0 unspecified atom stereocenters. The fraction of sp³-hybridized carbons (Fsp3) is 0.167. The Bertz CT molecular complexity index is 442. The van der Waals surface area contributed by atoms with Gasteiger partial charge in [-0.1, -0.05) is 24.3 Å². The highest BCUT2D eigenvalue weighted by Gasteiger charge is 1.96. The summed E-state index contributed by atoms with van der Waals surface area (Å²) in [4.78, 5) is 0. The lowest BCUT2D eigenvalue weighted by molar-refractivity contribution is 0.994. The first-order valence-electron chi connectivity index (χ1n) is 5.18. The zero-order valence-electron chi connectivity index (χ0n) is 8.93. The van der Waals surface area contributed by atoms with E-state index in [9.17, 15) is 0 Å². The van der Waals surface area contributed by atoms with E-state index in [-0.39, 0.29) is 0 Å². The van der Waals surface area contributed by atoms with Crippen LogP contribution in [0.3, 0.4) is 0 Å². The average Bonchev–Trinajstić information content (AvgIpc) is 2.38. The number of benzene rings is 1. The third-order valence-electron chi connectivity index (χ3n) is 2.27. The average molecular weight is 214 g/mol. The van der Waals surface area contributed by atoms with Crippen molar-refractivity contribution in [1.29, 1.82) is 0 Å². The van der Waals surface area contributed by atoms with E-state index in [0.29, 0.717) is 6.54 Å². The van der Waals surface area contributed by atoms with Gasteiger partial charge in [0, 0.05) is 19.3 Å². The summed E-state index contributed by atoms with van der Waals surface area (Å²) in [5.74, 6) is 0.778. The summed E-state index contributed by atoms with van der Waals surface area (Å²) in [5.41, 5.74) is 7.91. The van der Waals surface area contributed by atoms with Crippen LogP contribution in [0.15, 0.2) is 42.6 Å². The van der Waals surface area contributed by atoms with Gasteiger partial charge in [-0.3, -0.25) is 0 Å². The Morgan fingerprint density at radius 3 is 2.75 bits per heavy atom. The molecule has 1 heterocycles. The first-order valence-corrected chi connectivity index (χ1v) is 5.18. The highest BCUT2D eigenvalue weighted by Crippen LogP contribution is 2.07. The van der Waals surface area contributed by atoms with E-state index in [2.05, 4.69) is 27.6 Å². The SMILES string of the molecule is NCc1cccc(CNc2cccnn2)c1. The third kappa shape index (κ3) is 2.77. The Kier molecular flexibility index (Phi) is 3.46. The predicted octanol–water partition coefficient (Wildman–Crippen LogP) is 1.55. The largest absolute Gasteiger partial charge is 0.365 e. The quantitative estimate of drug-likeness (QED) is 0.810. The molecule has 16 heavy (non-hydrogen) atoms. The summed E-state index contributed by atoms with van der Waals surface area (Å²) in [7, 11) is 0. The van der Waals surface area contributed by atoms with Crippen molar-refractivity contribution in [3.05, 3.63) is 53.7 Å². The Labute approximate surface area is 94.5 Å². The number of nitrogens with zero attached hydrogens (tertiary/aromatic N) is 2. The lowest BCUT2D eigenvalue weighted by Gasteiger charge is -2.05. The molecule has 0 fully saturated rings. The molecule has 0 radical (unpaired) electrons. The molecule has 0 bridgehead atoms. The second-order valence-electron chi connectivity index (χ2n) is 3.49. The maximum absolute atomic E-state index is 5.58. The number of nitrogens with two attached hydrogens (primary N) is 1. The van der Waals surface area contributed by atoms with Crippen molar-refractivity contribution in [3.63, 3.8) is 0 Å². The van der Waals surface area contributed by atoms with Crippen LogP contribution in [0.1, 0.15) is 11.1 Å². The fourth-order valence-corrected chi connectivity index (χ4v) is 1.46. The minimum atomic E-state index is 0.568. The van der Waals surface area contributed by atoms with Gasteiger partial charge in [-0.25, -0.2) is 0 Å². The summed E-state index contributed by atoms with van der Waals surface area (Å²) in [6.45, 7) is 1.30. The van der Waals surface area contributed by atoms with Crippen LogP contribution >= 0.6 is 0 Å². The molecule has 0 aliphatic carbocycles. The Morgan fingerprint density at radius 2 is 2.00 bits per heavy atom. The normalized spacial score (nSPS) is 10.1. The molecule has 2 aromatic rings. The molecule has 2 rings (SSSR count). The Morgan fingerprint density at radius 1 is 1.12 bits per heavy atom. The number of hydrogen-bond donors (Lipinski definition) is 2. The topological polar surface area (TPSA) is 63.8 Å². The molecule has 0 amide bonds. The molecule has 1 aromatic carbocycles. The number of aromatic nitrogens is 2. The summed E-state index contributed by atoms with van der Waals surface area (Å²) >= 11 is 0. The zero-order chi connectivity index (χ0) is 11.2. The first kappa shape index (κ1) is 10.6. The van der Waals surface area contributed by atoms with Gasteiger partial charge in [0.1, 0.15) is 5.82 Å². The van der Waals surface area contributed by atoms with E-state index in [4.69, 9.17) is 5.73 Å². The molecule has 0 aliphatic rings. The summed E-state index contributed by atoms with van der Waals surface area (Å²) in [6.07, 6.45) is 1.65. The molecule has 4 nitrogen and oxygen atoms in total. The van der Waals surface area contributed by atoms with Crippen molar-refractivity contribution < 1.29 is 0 Å². The van der Waals surface area contributed by atoms with Gasteiger partial charge in [-0.2, -0.15) is 5.10 Å². The van der Waals surface area contributed by atoms with Crippen LogP contribution in [0.5, 0.6) is 0 Å². The monoisotopic (exact) mass is 214 g/mol. The molecule has 0 saturated carbocycles. The van der Waals surface area contributed by atoms with Crippen LogP contribution in [0.25, 0.3) is 0 Å². The number of hydrogen-bond acceptors (Lipinski definition) is 4. The molecule has 3 N–H and O–H groups in total. The van der Waals surface area contributed by atoms with Crippen molar-refractivity contribution in [1.82, 2.24) is 10.2 Å². The van der Waals surface area contributed by atoms with E-state index in [1.807, 2.05) is 24.3 Å². The van der Waals surface area contributed by atoms with Gasteiger partial charge in [0.2, 0.25) is 0 Å². The fourth-order valence-electron chi connectivity index (χ4n) is 1.46. The van der Waals surface area contributed by atoms with Gasteiger partial charge in [0.05, 0.1) is 0 Å². The summed E-state index contributed by atoms with van der Waals surface area (Å²) in [5, 5.41) is 10.9. The minimum Gasteiger partial charge on any atom is -0.365 e. The first-order chi connectivity index (χ1) is 7.88. The molecule has 0 saturated heterocycles. The Balaban J connectivity index is 1.99. The predicted molar refractivity (Wildman–Crippen MR) is 63.7 cm³/mol. The number of nitrogens with one attached hydrogen (secondary N) is 1. The number of anilines is 1. The lowest BCUT2D eigenvalue weighted by Crippen LogP contribution is -2.03. The molecule has 0 spiro atoms. The smallest absolute Gasteiger partial charge is 0.148 e. The number of rotatable bonds is 4. The molecule has 4 heteroatoms. The maximum atomic E-state index is 5.58. The zero-order valence-corrected chi connectivity index (χ0v) is 8.93. The van der Waals surface area contributed by atoms with Gasteiger partial charge in [-0.15, -0.1) is 5.10 Å². The van der Waals surface area contributed by atoms with E-state index < -0.39 is 0 Å².